The minimum atomic E-state index is -0.929. The Balaban J connectivity index is 2.18. The number of nitrogens with two attached hydrogens (primary N) is 1. The third kappa shape index (κ3) is 2.38. The molecule has 0 saturated carbocycles. The van der Waals surface area contributed by atoms with Crippen molar-refractivity contribution in [3.63, 3.8) is 0 Å². The van der Waals surface area contributed by atoms with Gasteiger partial charge in [-0.1, -0.05) is 0 Å². The van der Waals surface area contributed by atoms with Crippen molar-refractivity contribution in [2.75, 3.05) is 18.8 Å². The molecule has 1 aromatic carbocycles. The molecule has 1 atom stereocenters. The van der Waals surface area contributed by atoms with E-state index >= 15 is 0 Å². The molecule has 1 heterocycles. The molecule has 102 valence electrons. The number of carboxylic acid groups (broad SMARTS) is 1. The molecule has 1 aliphatic heterocycles. The molecule has 0 spiro atoms. The second kappa shape index (κ2) is 4.53. The fourth-order valence-electron chi connectivity index (χ4n) is 2.15. The minimum Gasteiger partial charge on any atom is -0.481 e. The number of likely N-dealkylation sites (tertiary alicyclic amines) is 1. The molecule has 2 rings (SSSR count). The van der Waals surface area contributed by atoms with E-state index in [9.17, 15) is 14.0 Å². The maximum atomic E-state index is 13.3. The SMILES string of the molecule is CC1(C(=O)O)CCN(C(=O)c2ccc(N)c(F)c2)C1. The molecule has 1 aliphatic rings. The van der Waals surface area contributed by atoms with Gasteiger partial charge in [0.15, 0.2) is 0 Å². The number of hydrogen-bond acceptors (Lipinski definition) is 3. The zero-order chi connectivity index (χ0) is 14.2. The summed E-state index contributed by atoms with van der Waals surface area (Å²) in [5.41, 5.74) is 4.58. The molecular weight excluding hydrogens is 251 g/mol. The second-order valence-corrected chi connectivity index (χ2v) is 5.08. The maximum absolute atomic E-state index is 13.3. The first-order valence-electron chi connectivity index (χ1n) is 5.91. The summed E-state index contributed by atoms with van der Waals surface area (Å²) in [7, 11) is 0. The van der Waals surface area contributed by atoms with Gasteiger partial charge in [0, 0.05) is 18.7 Å². The number of carboxylic acids is 1. The van der Waals surface area contributed by atoms with Crippen molar-refractivity contribution in [2.24, 2.45) is 5.41 Å². The van der Waals surface area contributed by atoms with E-state index in [1.54, 1.807) is 6.92 Å². The summed E-state index contributed by atoms with van der Waals surface area (Å²) in [5.74, 6) is -1.94. The Kier molecular flexibility index (Phi) is 3.18. The molecule has 1 amide bonds. The van der Waals surface area contributed by atoms with Crippen molar-refractivity contribution in [3.05, 3.63) is 29.6 Å². The molecule has 3 N–H and O–H groups in total. The van der Waals surface area contributed by atoms with E-state index in [1.807, 2.05) is 0 Å². The predicted molar refractivity (Wildman–Crippen MR) is 67.1 cm³/mol. The van der Waals surface area contributed by atoms with E-state index in [1.165, 1.54) is 17.0 Å². The van der Waals surface area contributed by atoms with Crippen LogP contribution in [0.4, 0.5) is 10.1 Å². The summed E-state index contributed by atoms with van der Waals surface area (Å²) in [4.78, 5) is 24.7. The molecule has 5 nitrogen and oxygen atoms in total. The highest BCUT2D eigenvalue weighted by molar-refractivity contribution is 5.95. The standard InChI is InChI=1S/C13H15FN2O3/c1-13(12(18)19)4-5-16(7-13)11(17)8-2-3-10(15)9(14)6-8/h2-3,6H,4-5,7,15H2,1H3,(H,18,19). The van der Waals surface area contributed by atoms with Crippen LogP contribution in [0.3, 0.4) is 0 Å². The van der Waals surface area contributed by atoms with E-state index in [0.717, 1.165) is 6.07 Å². The normalized spacial score (nSPS) is 22.5. The van der Waals surface area contributed by atoms with Crippen LogP contribution < -0.4 is 5.73 Å². The number of rotatable bonds is 2. The lowest BCUT2D eigenvalue weighted by Gasteiger charge is -2.20. The number of carbonyl (C=O) groups is 2. The number of halogens is 1. The van der Waals surface area contributed by atoms with Crippen LogP contribution >= 0.6 is 0 Å². The number of nitrogens with zero attached hydrogens (tertiary/aromatic N) is 1. The smallest absolute Gasteiger partial charge is 0.311 e. The van der Waals surface area contributed by atoms with E-state index in [-0.39, 0.29) is 23.7 Å². The number of nitrogen functional groups attached to an aromatic ring is 1. The van der Waals surface area contributed by atoms with Crippen LogP contribution in [-0.4, -0.2) is 35.0 Å². The summed E-state index contributed by atoms with van der Waals surface area (Å²) in [6.07, 6.45) is 0.394. The largest absolute Gasteiger partial charge is 0.481 e. The summed E-state index contributed by atoms with van der Waals surface area (Å²) in [6.45, 7) is 2.09. The van der Waals surface area contributed by atoms with Crippen LogP contribution in [0.15, 0.2) is 18.2 Å². The van der Waals surface area contributed by atoms with Crippen molar-refractivity contribution in [2.45, 2.75) is 13.3 Å². The monoisotopic (exact) mass is 266 g/mol. The maximum Gasteiger partial charge on any atom is 0.311 e. The summed E-state index contributed by atoms with van der Waals surface area (Å²) < 4.78 is 13.3. The molecule has 1 fully saturated rings. The van der Waals surface area contributed by atoms with Crippen LogP contribution in [0.1, 0.15) is 23.7 Å². The second-order valence-electron chi connectivity index (χ2n) is 5.08. The molecule has 1 unspecified atom stereocenters. The van der Waals surface area contributed by atoms with Crippen molar-refractivity contribution in [1.82, 2.24) is 4.90 Å². The van der Waals surface area contributed by atoms with Crippen molar-refractivity contribution >= 4 is 17.6 Å². The van der Waals surface area contributed by atoms with Gasteiger partial charge in [0.2, 0.25) is 0 Å². The lowest BCUT2D eigenvalue weighted by atomic mass is 9.90. The third-order valence-corrected chi connectivity index (χ3v) is 3.52. The molecule has 0 bridgehead atoms. The predicted octanol–water partition coefficient (Wildman–Crippen LogP) is 1.34. The number of anilines is 1. The summed E-state index contributed by atoms with van der Waals surface area (Å²) >= 11 is 0. The van der Waals surface area contributed by atoms with Crippen LogP contribution in [0.25, 0.3) is 0 Å². The lowest BCUT2D eigenvalue weighted by Crippen LogP contribution is -2.34. The van der Waals surface area contributed by atoms with Crippen molar-refractivity contribution < 1.29 is 19.1 Å². The summed E-state index contributed by atoms with van der Waals surface area (Å²) in [6, 6.07) is 3.85. The van der Waals surface area contributed by atoms with Crippen molar-refractivity contribution in [3.8, 4) is 0 Å². The van der Waals surface area contributed by atoms with Gasteiger partial charge in [-0.25, -0.2) is 4.39 Å². The Morgan fingerprint density at radius 3 is 2.68 bits per heavy atom. The quantitative estimate of drug-likeness (QED) is 0.791. The fraction of sp³-hybridized carbons (Fsp3) is 0.385. The Morgan fingerprint density at radius 1 is 1.47 bits per heavy atom. The third-order valence-electron chi connectivity index (χ3n) is 3.52. The van der Waals surface area contributed by atoms with Gasteiger partial charge in [0.05, 0.1) is 11.1 Å². The first-order valence-corrected chi connectivity index (χ1v) is 5.91. The number of amides is 1. The van der Waals surface area contributed by atoms with E-state index in [4.69, 9.17) is 10.8 Å². The Bertz CT molecular complexity index is 547. The van der Waals surface area contributed by atoms with E-state index in [2.05, 4.69) is 0 Å². The Hall–Kier alpha value is -2.11. The van der Waals surface area contributed by atoms with Crippen LogP contribution in [0, 0.1) is 11.2 Å². The first kappa shape index (κ1) is 13.3. The lowest BCUT2D eigenvalue weighted by molar-refractivity contribution is -0.147. The molecule has 0 aromatic heterocycles. The van der Waals surface area contributed by atoms with Crippen LogP contribution in [-0.2, 0) is 4.79 Å². The summed E-state index contributed by atoms with van der Waals surface area (Å²) in [5, 5.41) is 9.11. The van der Waals surface area contributed by atoms with Gasteiger partial charge in [-0.2, -0.15) is 0 Å². The molecule has 6 heteroatoms. The average molecular weight is 266 g/mol. The minimum absolute atomic E-state index is 0.0200. The van der Waals surface area contributed by atoms with Gasteiger partial charge in [-0.15, -0.1) is 0 Å². The molecule has 0 aliphatic carbocycles. The highest BCUT2D eigenvalue weighted by Gasteiger charge is 2.42. The topological polar surface area (TPSA) is 83.6 Å². The van der Waals surface area contributed by atoms with Gasteiger partial charge in [0.25, 0.3) is 5.91 Å². The number of carbonyl (C=O) groups excluding carboxylic acids is 1. The average Bonchev–Trinajstić information content (AvgIpc) is 2.76. The van der Waals surface area contributed by atoms with Gasteiger partial charge >= 0.3 is 5.97 Å². The molecule has 19 heavy (non-hydrogen) atoms. The van der Waals surface area contributed by atoms with Crippen LogP contribution in [0.5, 0.6) is 0 Å². The van der Waals surface area contributed by atoms with E-state index < -0.39 is 17.2 Å². The zero-order valence-corrected chi connectivity index (χ0v) is 10.5. The van der Waals surface area contributed by atoms with Gasteiger partial charge < -0.3 is 15.7 Å². The van der Waals surface area contributed by atoms with Gasteiger partial charge in [0.1, 0.15) is 5.82 Å². The number of benzene rings is 1. The Labute approximate surface area is 109 Å². The van der Waals surface area contributed by atoms with Crippen LogP contribution in [0.2, 0.25) is 0 Å². The highest BCUT2D eigenvalue weighted by atomic mass is 19.1. The van der Waals surface area contributed by atoms with Gasteiger partial charge in [-0.05, 0) is 31.5 Å². The number of aliphatic carboxylic acids is 1. The molecule has 0 radical (unpaired) electrons. The molecule has 1 aromatic rings. The van der Waals surface area contributed by atoms with E-state index in [0.29, 0.717) is 13.0 Å². The highest BCUT2D eigenvalue weighted by Crippen LogP contribution is 2.31. The molecular formula is C13H15FN2O3. The Morgan fingerprint density at radius 2 is 2.16 bits per heavy atom. The number of hydrogen-bond donors (Lipinski definition) is 2. The molecule has 1 saturated heterocycles. The first-order chi connectivity index (χ1) is 8.83. The van der Waals surface area contributed by atoms with Gasteiger partial charge in [-0.3, -0.25) is 9.59 Å². The zero-order valence-electron chi connectivity index (χ0n) is 10.5. The van der Waals surface area contributed by atoms with Crippen molar-refractivity contribution in [1.29, 1.82) is 0 Å². The fourth-order valence-corrected chi connectivity index (χ4v) is 2.15.